The summed E-state index contributed by atoms with van der Waals surface area (Å²) in [4.78, 5) is 4.49. The average molecular weight is 387 g/mol. The zero-order valence-corrected chi connectivity index (χ0v) is 15.2. The Hall–Kier alpha value is -0.0800. The standard InChI is InChI=1S/C13H29N3O2.HI/c1-6-14-13(16-12(4)10-17-5)15-8-7-9-18-11(2)3;/h11-12H,6-10H2,1-5H3,(H2,14,15,16);1H. The van der Waals surface area contributed by atoms with Crippen LogP contribution in [0.3, 0.4) is 0 Å². The van der Waals surface area contributed by atoms with Crippen LogP contribution in [0.5, 0.6) is 0 Å². The highest BCUT2D eigenvalue weighted by Gasteiger charge is 2.03. The van der Waals surface area contributed by atoms with Crippen molar-refractivity contribution in [2.24, 2.45) is 4.99 Å². The van der Waals surface area contributed by atoms with Gasteiger partial charge in [-0.05, 0) is 34.1 Å². The summed E-state index contributed by atoms with van der Waals surface area (Å²) < 4.78 is 10.6. The number of hydrogen-bond acceptors (Lipinski definition) is 3. The maximum Gasteiger partial charge on any atom is 0.191 e. The van der Waals surface area contributed by atoms with Crippen LogP contribution in [0.1, 0.15) is 34.1 Å². The van der Waals surface area contributed by atoms with Gasteiger partial charge in [0.1, 0.15) is 0 Å². The fraction of sp³-hybridized carbons (Fsp3) is 0.923. The molecule has 0 aliphatic carbocycles. The molecular formula is C13H30IN3O2. The summed E-state index contributed by atoms with van der Waals surface area (Å²) in [5, 5.41) is 6.51. The number of aliphatic imine (C=N–C) groups is 1. The van der Waals surface area contributed by atoms with Gasteiger partial charge in [-0.15, -0.1) is 24.0 Å². The second kappa shape index (κ2) is 14.3. The van der Waals surface area contributed by atoms with Crippen molar-refractivity contribution in [3.63, 3.8) is 0 Å². The van der Waals surface area contributed by atoms with Gasteiger partial charge in [-0.2, -0.15) is 0 Å². The summed E-state index contributed by atoms with van der Waals surface area (Å²) in [6.07, 6.45) is 1.23. The molecule has 0 aliphatic heterocycles. The van der Waals surface area contributed by atoms with E-state index in [1.165, 1.54) is 0 Å². The Morgan fingerprint density at radius 2 is 1.95 bits per heavy atom. The number of rotatable bonds is 9. The van der Waals surface area contributed by atoms with Gasteiger partial charge in [-0.25, -0.2) is 0 Å². The van der Waals surface area contributed by atoms with Crippen molar-refractivity contribution in [3.8, 4) is 0 Å². The smallest absolute Gasteiger partial charge is 0.191 e. The Morgan fingerprint density at radius 3 is 2.47 bits per heavy atom. The van der Waals surface area contributed by atoms with Gasteiger partial charge in [0.05, 0.1) is 12.7 Å². The first-order valence-electron chi connectivity index (χ1n) is 6.75. The molecule has 0 fully saturated rings. The SMILES string of the molecule is CCNC(=NCCCOC(C)C)NC(C)COC.I. The molecule has 0 saturated heterocycles. The van der Waals surface area contributed by atoms with Gasteiger partial charge in [0.2, 0.25) is 0 Å². The van der Waals surface area contributed by atoms with Crippen molar-refractivity contribution in [1.82, 2.24) is 10.6 Å². The van der Waals surface area contributed by atoms with Crippen molar-refractivity contribution in [2.75, 3.05) is 33.4 Å². The molecule has 0 rings (SSSR count). The van der Waals surface area contributed by atoms with Crippen LogP contribution < -0.4 is 10.6 Å². The zero-order chi connectivity index (χ0) is 13.8. The van der Waals surface area contributed by atoms with E-state index in [9.17, 15) is 0 Å². The van der Waals surface area contributed by atoms with Crippen LogP contribution in [-0.2, 0) is 9.47 Å². The summed E-state index contributed by atoms with van der Waals surface area (Å²) in [5.41, 5.74) is 0. The minimum atomic E-state index is 0. The van der Waals surface area contributed by atoms with Crippen molar-refractivity contribution < 1.29 is 9.47 Å². The molecule has 0 spiro atoms. The number of nitrogens with zero attached hydrogens (tertiary/aromatic N) is 1. The Balaban J connectivity index is 0. The van der Waals surface area contributed by atoms with E-state index in [4.69, 9.17) is 9.47 Å². The monoisotopic (exact) mass is 387 g/mol. The molecule has 0 bridgehead atoms. The lowest BCUT2D eigenvalue weighted by molar-refractivity contribution is 0.0782. The van der Waals surface area contributed by atoms with E-state index in [-0.39, 0.29) is 30.0 Å². The molecule has 19 heavy (non-hydrogen) atoms. The van der Waals surface area contributed by atoms with Crippen molar-refractivity contribution >= 4 is 29.9 Å². The van der Waals surface area contributed by atoms with E-state index in [0.717, 1.165) is 32.1 Å². The van der Waals surface area contributed by atoms with Crippen LogP contribution >= 0.6 is 24.0 Å². The van der Waals surface area contributed by atoms with Gasteiger partial charge >= 0.3 is 0 Å². The van der Waals surface area contributed by atoms with Crippen LogP contribution in [0, 0.1) is 0 Å². The molecule has 116 valence electrons. The summed E-state index contributed by atoms with van der Waals surface area (Å²) in [5.74, 6) is 0.839. The average Bonchev–Trinajstić information content (AvgIpc) is 2.28. The normalized spacial score (nSPS) is 13.1. The van der Waals surface area contributed by atoms with E-state index in [1.807, 2.05) is 13.8 Å². The summed E-state index contributed by atoms with van der Waals surface area (Å²) in [6, 6.07) is 0.250. The number of ether oxygens (including phenoxy) is 2. The van der Waals surface area contributed by atoms with Crippen molar-refractivity contribution in [3.05, 3.63) is 0 Å². The van der Waals surface area contributed by atoms with Crippen LogP contribution in [-0.4, -0.2) is 51.5 Å². The van der Waals surface area contributed by atoms with E-state index < -0.39 is 0 Å². The number of methoxy groups -OCH3 is 1. The minimum Gasteiger partial charge on any atom is -0.383 e. The minimum absolute atomic E-state index is 0. The quantitative estimate of drug-likeness (QED) is 0.275. The highest BCUT2D eigenvalue weighted by molar-refractivity contribution is 14.0. The lowest BCUT2D eigenvalue weighted by Gasteiger charge is -2.17. The van der Waals surface area contributed by atoms with Gasteiger partial charge in [0.15, 0.2) is 5.96 Å². The summed E-state index contributed by atoms with van der Waals surface area (Å²) >= 11 is 0. The second-order valence-electron chi connectivity index (χ2n) is 4.53. The number of guanidine groups is 1. The van der Waals surface area contributed by atoms with Crippen LogP contribution in [0.2, 0.25) is 0 Å². The molecule has 5 nitrogen and oxygen atoms in total. The maximum absolute atomic E-state index is 5.47. The predicted molar refractivity (Wildman–Crippen MR) is 91.6 cm³/mol. The first-order chi connectivity index (χ1) is 8.60. The number of hydrogen-bond donors (Lipinski definition) is 2. The lowest BCUT2D eigenvalue weighted by Crippen LogP contribution is -2.44. The molecule has 0 aromatic rings. The first-order valence-corrected chi connectivity index (χ1v) is 6.75. The van der Waals surface area contributed by atoms with E-state index in [0.29, 0.717) is 12.7 Å². The van der Waals surface area contributed by atoms with Gasteiger partial charge in [0, 0.05) is 32.8 Å². The predicted octanol–water partition coefficient (Wildman–Crippen LogP) is 2.01. The van der Waals surface area contributed by atoms with Gasteiger partial charge in [-0.1, -0.05) is 0 Å². The molecule has 0 aliphatic rings. The Labute approximate surface area is 134 Å². The van der Waals surface area contributed by atoms with Crippen molar-refractivity contribution in [2.45, 2.75) is 46.3 Å². The molecule has 0 amide bonds. The molecule has 0 radical (unpaired) electrons. The third-order valence-electron chi connectivity index (χ3n) is 2.17. The molecule has 2 N–H and O–H groups in total. The molecule has 0 aromatic carbocycles. The molecule has 6 heteroatoms. The van der Waals surface area contributed by atoms with Gasteiger partial charge in [-0.3, -0.25) is 4.99 Å². The molecule has 1 atom stereocenters. The molecule has 0 heterocycles. The second-order valence-corrected chi connectivity index (χ2v) is 4.53. The molecular weight excluding hydrogens is 357 g/mol. The number of halogens is 1. The third kappa shape index (κ3) is 14.1. The molecule has 1 unspecified atom stereocenters. The third-order valence-corrected chi connectivity index (χ3v) is 2.17. The highest BCUT2D eigenvalue weighted by Crippen LogP contribution is 1.91. The fourth-order valence-electron chi connectivity index (χ4n) is 1.42. The van der Waals surface area contributed by atoms with E-state index >= 15 is 0 Å². The topological polar surface area (TPSA) is 54.9 Å². The molecule has 0 saturated carbocycles. The van der Waals surface area contributed by atoms with Crippen LogP contribution in [0.4, 0.5) is 0 Å². The summed E-state index contributed by atoms with van der Waals surface area (Å²) in [6.45, 7) is 11.3. The Kier molecular flexibility index (Phi) is 16.0. The van der Waals surface area contributed by atoms with E-state index in [1.54, 1.807) is 7.11 Å². The lowest BCUT2D eigenvalue weighted by atomic mass is 10.4. The largest absolute Gasteiger partial charge is 0.383 e. The van der Waals surface area contributed by atoms with Gasteiger partial charge in [0.25, 0.3) is 0 Å². The van der Waals surface area contributed by atoms with E-state index in [2.05, 4.69) is 29.5 Å². The van der Waals surface area contributed by atoms with Crippen LogP contribution in [0.25, 0.3) is 0 Å². The zero-order valence-electron chi connectivity index (χ0n) is 12.9. The van der Waals surface area contributed by atoms with Crippen LogP contribution in [0.15, 0.2) is 4.99 Å². The summed E-state index contributed by atoms with van der Waals surface area (Å²) in [7, 11) is 1.70. The highest BCUT2D eigenvalue weighted by atomic mass is 127. The number of nitrogens with one attached hydrogen (secondary N) is 2. The Bertz CT molecular complexity index is 226. The molecule has 0 aromatic heterocycles. The first kappa shape index (κ1) is 21.2. The Morgan fingerprint density at radius 1 is 1.26 bits per heavy atom. The van der Waals surface area contributed by atoms with Crippen molar-refractivity contribution in [1.29, 1.82) is 0 Å². The fourth-order valence-corrected chi connectivity index (χ4v) is 1.42. The maximum atomic E-state index is 5.47. The van der Waals surface area contributed by atoms with Gasteiger partial charge < -0.3 is 20.1 Å².